The predicted molar refractivity (Wildman–Crippen MR) is 235 cm³/mol. The molecular weight excluding hydrogens is 824 g/mol. The van der Waals surface area contributed by atoms with Crippen molar-refractivity contribution in [3.05, 3.63) is 105 Å². The highest BCUT2D eigenvalue weighted by atomic mass is 19.1. The van der Waals surface area contributed by atoms with E-state index in [-0.39, 0.29) is 46.9 Å². The molecule has 4 N–H and O–H groups in total. The van der Waals surface area contributed by atoms with Crippen LogP contribution < -0.4 is 21.5 Å². The third-order valence-electron chi connectivity index (χ3n) is 12.1. The molecule has 1 aromatic heterocycles. The van der Waals surface area contributed by atoms with E-state index in [0.717, 1.165) is 56.3 Å². The number of nitrogens with one attached hydrogen (secondary N) is 4. The Labute approximate surface area is 369 Å². The summed E-state index contributed by atoms with van der Waals surface area (Å²) in [6, 6.07) is 15.4. The van der Waals surface area contributed by atoms with Gasteiger partial charge >= 0.3 is 0 Å². The largest absolute Gasteiger partial charge is 0.383 e. The van der Waals surface area contributed by atoms with Gasteiger partial charge in [-0.15, -0.1) is 0 Å². The van der Waals surface area contributed by atoms with E-state index in [1.54, 1.807) is 40.1 Å². The van der Waals surface area contributed by atoms with Crippen LogP contribution in [0.25, 0.3) is 10.8 Å². The molecule has 0 spiro atoms. The fraction of sp³-hybridized carbons (Fsp3) is 0.426. The average molecular weight is 877 g/mol. The van der Waals surface area contributed by atoms with Crippen LogP contribution in [-0.4, -0.2) is 112 Å². The fourth-order valence-corrected chi connectivity index (χ4v) is 8.61. The number of carbonyl (C=O) groups excluding carboxylic acids is 7. The summed E-state index contributed by atoms with van der Waals surface area (Å²) < 4.78 is 14.9. The average Bonchev–Trinajstić information content (AvgIpc) is 3.55. The lowest BCUT2D eigenvalue weighted by Crippen LogP contribution is -2.54. The van der Waals surface area contributed by atoms with Crippen molar-refractivity contribution in [2.24, 2.45) is 0 Å². The van der Waals surface area contributed by atoms with E-state index in [1.807, 2.05) is 12.1 Å². The van der Waals surface area contributed by atoms with E-state index in [9.17, 15) is 42.7 Å². The summed E-state index contributed by atoms with van der Waals surface area (Å²) in [5, 5.41) is 16.1. The first-order chi connectivity index (χ1) is 31.0. The van der Waals surface area contributed by atoms with Crippen LogP contribution in [0.3, 0.4) is 0 Å². The van der Waals surface area contributed by atoms with Crippen LogP contribution in [0.2, 0.25) is 0 Å². The lowest BCUT2D eigenvalue weighted by atomic mass is 10.0. The summed E-state index contributed by atoms with van der Waals surface area (Å²) in [5.74, 6) is -3.32. The van der Waals surface area contributed by atoms with Crippen LogP contribution in [-0.2, 0) is 25.6 Å². The number of hydrogen-bond donors (Lipinski definition) is 4. The minimum absolute atomic E-state index is 0.0318. The maximum Gasteiger partial charge on any atom is 0.272 e. The van der Waals surface area contributed by atoms with Gasteiger partial charge in [0.1, 0.15) is 11.9 Å². The minimum atomic E-state index is -1.04. The smallest absolute Gasteiger partial charge is 0.272 e. The number of imide groups is 2. The van der Waals surface area contributed by atoms with E-state index in [2.05, 4.69) is 26.1 Å². The van der Waals surface area contributed by atoms with Gasteiger partial charge in [-0.25, -0.2) is 9.49 Å². The van der Waals surface area contributed by atoms with E-state index >= 15 is 0 Å². The normalized spacial score (nSPS) is 16.3. The topological polar surface area (TPSA) is 211 Å². The zero-order chi connectivity index (χ0) is 45.2. The van der Waals surface area contributed by atoms with Crippen molar-refractivity contribution in [1.29, 1.82) is 0 Å². The van der Waals surface area contributed by atoms with Crippen molar-refractivity contribution in [3.8, 4) is 0 Å². The summed E-state index contributed by atoms with van der Waals surface area (Å²) in [7, 11) is 0. The second-order valence-corrected chi connectivity index (χ2v) is 16.5. The molecule has 3 aliphatic rings. The molecule has 64 heavy (non-hydrogen) atoms. The highest BCUT2D eigenvalue weighted by Gasteiger charge is 2.45. The molecule has 336 valence electrons. The van der Waals surface area contributed by atoms with Gasteiger partial charge in [0, 0.05) is 76.0 Å². The number of piperazine rings is 1. The van der Waals surface area contributed by atoms with Crippen molar-refractivity contribution in [3.63, 3.8) is 0 Å². The van der Waals surface area contributed by atoms with E-state index in [4.69, 9.17) is 0 Å². The number of aromatic nitrogens is 2. The quantitative estimate of drug-likeness (QED) is 0.0767. The molecule has 2 fully saturated rings. The molecule has 0 aliphatic carbocycles. The molecule has 3 aliphatic heterocycles. The number of H-pyrrole nitrogens is 1. The molecular formula is C47H53FN8O8. The van der Waals surface area contributed by atoms with Crippen LogP contribution in [0.1, 0.15) is 119 Å². The van der Waals surface area contributed by atoms with Crippen LogP contribution >= 0.6 is 0 Å². The summed E-state index contributed by atoms with van der Waals surface area (Å²) in [5.41, 5.74) is 1.78. The molecule has 16 nitrogen and oxygen atoms in total. The highest BCUT2D eigenvalue weighted by Crippen LogP contribution is 2.32. The second-order valence-electron chi connectivity index (χ2n) is 16.5. The number of amides is 7. The molecule has 17 heteroatoms. The summed E-state index contributed by atoms with van der Waals surface area (Å²) in [4.78, 5) is 105. The molecule has 0 radical (unpaired) electrons. The number of fused-ring (bicyclic) bond motifs is 2. The van der Waals surface area contributed by atoms with Gasteiger partial charge in [0.2, 0.25) is 23.6 Å². The monoisotopic (exact) mass is 876 g/mol. The van der Waals surface area contributed by atoms with Gasteiger partial charge in [-0.3, -0.25) is 48.6 Å². The number of hydrogen-bond acceptors (Lipinski definition) is 10. The maximum atomic E-state index is 14.9. The Hall–Kier alpha value is -6.78. The van der Waals surface area contributed by atoms with E-state index < -0.39 is 41.4 Å². The van der Waals surface area contributed by atoms with Crippen molar-refractivity contribution >= 4 is 57.8 Å². The van der Waals surface area contributed by atoms with Crippen LogP contribution in [0.15, 0.2) is 65.5 Å². The molecule has 1 atom stereocenters. The number of benzene rings is 3. The molecule has 1 unspecified atom stereocenters. The number of anilines is 1. The molecule has 2 saturated heterocycles. The standard InChI is InChI=1S/C47H53FN8O8/c48-35-19-18-30(29-37-31-12-9-10-13-32(31)43(60)53-52-37)28-34(35)45(62)55-26-24-54(25-27-55)41(59)17-8-6-4-2-1-3-5-7-16-39(57)50-23-22-49-36-15-11-14-33-42(36)47(64)56(46(33)63)38-20-21-40(58)51-44(38)61/h9-15,18-19,28,38,49H,1-8,16-17,20-27,29H2,(H,50,57)(H,53,60)(H,51,58,61). The molecule has 4 aromatic rings. The molecule has 0 saturated carbocycles. The predicted octanol–water partition coefficient (Wildman–Crippen LogP) is 4.47. The summed E-state index contributed by atoms with van der Waals surface area (Å²) in [6.45, 7) is 2.06. The van der Waals surface area contributed by atoms with Gasteiger partial charge in [-0.2, -0.15) is 5.10 Å². The maximum absolute atomic E-state index is 14.9. The van der Waals surface area contributed by atoms with Gasteiger partial charge in [0.05, 0.1) is 27.8 Å². The molecule has 7 rings (SSSR count). The van der Waals surface area contributed by atoms with Crippen molar-refractivity contribution in [1.82, 2.24) is 35.5 Å². The minimum Gasteiger partial charge on any atom is -0.383 e. The fourth-order valence-electron chi connectivity index (χ4n) is 8.61. The Morgan fingerprint density at radius 3 is 2.17 bits per heavy atom. The second kappa shape index (κ2) is 21.1. The van der Waals surface area contributed by atoms with Crippen LogP contribution in [0.4, 0.5) is 10.1 Å². The van der Waals surface area contributed by atoms with Gasteiger partial charge in [0.25, 0.3) is 23.3 Å². The highest BCUT2D eigenvalue weighted by molar-refractivity contribution is 6.25. The Balaban J connectivity index is 0.717. The van der Waals surface area contributed by atoms with Crippen LogP contribution in [0.5, 0.6) is 0 Å². The zero-order valence-electron chi connectivity index (χ0n) is 35.7. The Morgan fingerprint density at radius 1 is 0.750 bits per heavy atom. The molecule has 7 amide bonds. The lowest BCUT2D eigenvalue weighted by molar-refractivity contribution is -0.136. The first-order valence-corrected chi connectivity index (χ1v) is 22.2. The SMILES string of the molecule is O=C(CCCCCCCCCCC(=O)N1CCN(C(=O)c2cc(Cc3n[nH]c(=O)c4ccccc34)ccc2F)CC1)NCCNc1cccc2c1C(=O)N(C1CCC(=O)NC1=O)C2=O. The molecule has 3 aromatic carbocycles. The number of unbranched alkanes of at least 4 members (excludes halogenated alkanes) is 7. The summed E-state index contributed by atoms with van der Waals surface area (Å²) in [6.07, 6.45) is 8.80. The van der Waals surface area contributed by atoms with E-state index in [1.165, 1.54) is 18.2 Å². The van der Waals surface area contributed by atoms with Gasteiger partial charge < -0.3 is 20.4 Å². The number of halogens is 1. The van der Waals surface area contributed by atoms with Gasteiger partial charge in [-0.1, -0.05) is 68.9 Å². The van der Waals surface area contributed by atoms with Crippen molar-refractivity contribution in [2.45, 2.75) is 89.5 Å². The van der Waals surface area contributed by atoms with Gasteiger partial charge in [0.15, 0.2) is 0 Å². The third kappa shape index (κ3) is 10.7. The number of carbonyl (C=O) groups is 7. The number of nitrogens with zero attached hydrogens (tertiary/aromatic N) is 4. The Kier molecular flexibility index (Phi) is 14.9. The number of rotatable bonds is 19. The lowest BCUT2D eigenvalue weighted by Gasteiger charge is -2.35. The van der Waals surface area contributed by atoms with Crippen molar-refractivity contribution < 1.29 is 38.0 Å². The molecule has 4 heterocycles. The Bertz CT molecular complexity index is 2500. The first-order valence-electron chi connectivity index (χ1n) is 22.2. The van der Waals surface area contributed by atoms with Crippen molar-refractivity contribution in [2.75, 3.05) is 44.6 Å². The first kappa shape index (κ1) is 45.3. The number of aromatic amines is 1. The molecule has 0 bridgehead atoms. The third-order valence-corrected chi connectivity index (χ3v) is 12.1. The zero-order valence-corrected chi connectivity index (χ0v) is 35.7. The summed E-state index contributed by atoms with van der Waals surface area (Å²) >= 11 is 0. The van der Waals surface area contributed by atoms with E-state index in [0.29, 0.717) is 86.2 Å². The van der Waals surface area contributed by atoms with Gasteiger partial charge in [-0.05, 0) is 55.2 Å². The Morgan fingerprint density at radius 2 is 1.44 bits per heavy atom. The number of piperidine rings is 1. The van der Waals surface area contributed by atoms with Crippen LogP contribution in [0, 0.1) is 5.82 Å².